The molecule has 1 aliphatic rings. The molecule has 1 saturated heterocycles. The van der Waals surface area contributed by atoms with E-state index in [0.717, 1.165) is 23.3 Å². The molecule has 0 unspecified atom stereocenters. The maximum atomic E-state index is 5.68. The van der Waals surface area contributed by atoms with Crippen LogP contribution in [0.25, 0.3) is 0 Å². The van der Waals surface area contributed by atoms with Crippen LogP contribution >= 0.6 is 24.8 Å². The minimum Gasteiger partial charge on any atom is -1.00 e. The van der Waals surface area contributed by atoms with Gasteiger partial charge in [-0.15, -0.1) is 24.8 Å². The van der Waals surface area contributed by atoms with Gasteiger partial charge >= 0.3 is 0 Å². The van der Waals surface area contributed by atoms with Crippen molar-refractivity contribution in [2.24, 2.45) is 0 Å². The lowest BCUT2D eigenvalue weighted by molar-refractivity contribution is -0.890. The maximum absolute atomic E-state index is 5.68. The molecule has 1 aromatic carbocycles. The summed E-state index contributed by atoms with van der Waals surface area (Å²) in [5.74, 6) is 0. The van der Waals surface area contributed by atoms with Crippen molar-refractivity contribution in [3.05, 3.63) is 24.3 Å². The van der Waals surface area contributed by atoms with E-state index in [2.05, 4.69) is 31.1 Å². The van der Waals surface area contributed by atoms with Gasteiger partial charge in [0, 0.05) is 11.4 Å². The zero-order valence-corrected chi connectivity index (χ0v) is 13.2. The van der Waals surface area contributed by atoms with Crippen LogP contribution < -0.4 is 23.0 Å². The van der Waals surface area contributed by atoms with Gasteiger partial charge in [-0.3, -0.25) is 0 Å². The third kappa shape index (κ3) is 5.11. The highest BCUT2D eigenvalue weighted by atomic mass is 35.5. The molecular formula is C12H22Cl3N3. The molecule has 2 rings (SSSR count). The highest BCUT2D eigenvalue weighted by Gasteiger charge is 2.23. The molecule has 0 amide bonds. The van der Waals surface area contributed by atoms with Crippen molar-refractivity contribution in [3.8, 4) is 0 Å². The first-order valence-corrected chi connectivity index (χ1v) is 5.49. The number of hydrogen-bond acceptors (Lipinski definition) is 2. The zero-order chi connectivity index (χ0) is 10.9. The molecular weight excluding hydrogens is 293 g/mol. The molecule has 1 heterocycles. The Kier molecular flexibility index (Phi) is 8.82. The molecule has 1 aliphatic heterocycles. The van der Waals surface area contributed by atoms with Crippen molar-refractivity contribution in [2.45, 2.75) is 0 Å². The summed E-state index contributed by atoms with van der Waals surface area (Å²) in [7, 11) is 4.58. The van der Waals surface area contributed by atoms with E-state index >= 15 is 0 Å². The van der Waals surface area contributed by atoms with E-state index in [0.29, 0.717) is 0 Å². The number of piperazine rings is 1. The number of quaternary nitrogens is 1. The predicted octanol–water partition coefficient (Wildman–Crippen LogP) is -0.987. The standard InChI is InChI=1S/C12H20N3.3ClH/c1-15(2)9-7-14(8-10-15)12-5-3-11(13)4-6-12;;;/h3-6H,7-10,13H2,1-2H3;3*1H/q+1;;;/p-1. The molecule has 18 heavy (non-hydrogen) atoms. The lowest BCUT2D eigenvalue weighted by Crippen LogP contribution is -3.00. The Morgan fingerprint density at radius 3 is 1.89 bits per heavy atom. The van der Waals surface area contributed by atoms with Gasteiger partial charge in [-0.2, -0.15) is 0 Å². The summed E-state index contributed by atoms with van der Waals surface area (Å²) < 4.78 is 1.13. The number of nitrogen functional groups attached to an aromatic ring is 1. The molecule has 0 saturated carbocycles. The van der Waals surface area contributed by atoms with Gasteiger partial charge in [0.1, 0.15) is 0 Å². The van der Waals surface area contributed by atoms with Gasteiger partial charge < -0.3 is 27.5 Å². The fourth-order valence-corrected chi connectivity index (χ4v) is 1.95. The Morgan fingerprint density at radius 2 is 1.44 bits per heavy atom. The predicted molar refractivity (Wildman–Crippen MR) is 79.4 cm³/mol. The van der Waals surface area contributed by atoms with Crippen LogP contribution in [0.2, 0.25) is 0 Å². The highest BCUT2D eigenvalue weighted by molar-refractivity contribution is 5.85. The second-order valence-corrected chi connectivity index (χ2v) is 4.96. The Balaban J connectivity index is 0. The van der Waals surface area contributed by atoms with Gasteiger partial charge in [0.05, 0.1) is 40.3 Å². The molecule has 0 bridgehead atoms. The lowest BCUT2D eigenvalue weighted by Gasteiger charge is -2.40. The maximum Gasteiger partial charge on any atom is 0.0961 e. The van der Waals surface area contributed by atoms with Crippen molar-refractivity contribution >= 4 is 36.2 Å². The summed E-state index contributed by atoms with van der Waals surface area (Å²) >= 11 is 0. The fraction of sp³-hybridized carbons (Fsp3) is 0.500. The number of nitrogens with two attached hydrogens (primary N) is 1. The number of likely N-dealkylation sites (N-methyl/N-ethyl adjacent to an activating group) is 1. The fourth-order valence-electron chi connectivity index (χ4n) is 1.95. The molecule has 2 N–H and O–H groups in total. The Hall–Kier alpha value is -0.350. The zero-order valence-electron chi connectivity index (χ0n) is 10.8. The minimum atomic E-state index is 0. The van der Waals surface area contributed by atoms with Crippen LogP contribution in [0, 0.1) is 0 Å². The van der Waals surface area contributed by atoms with E-state index in [-0.39, 0.29) is 37.2 Å². The molecule has 0 radical (unpaired) electrons. The summed E-state index contributed by atoms with van der Waals surface area (Å²) in [4.78, 5) is 2.43. The van der Waals surface area contributed by atoms with Crippen molar-refractivity contribution in [1.82, 2.24) is 0 Å². The van der Waals surface area contributed by atoms with E-state index in [4.69, 9.17) is 5.73 Å². The quantitative estimate of drug-likeness (QED) is 0.533. The molecule has 6 heteroatoms. The third-order valence-electron chi connectivity index (χ3n) is 3.21. The van der Waals surface area contributed by atoms with E-state index in [9.17, 15) is 0 Å². The molecule has 1 fully saturated rings. The highest BCUT2D eigenvalue weighted by Crippen LogP contribution is 2.19. The average molecular weight is 315 g/mol. The second kappa shape index (κ2) is 7.95. The first-order chi connectivity index (χ1) is 7.07. The summed E-state index contributed by atoms with van der Waals surface area (Å²) in [5.41, 5.74) is 7.81. The van der Waals surface area contributed by atoms with Gasteiger partial charge in [0.15, 0.2) is 0 Å². The normalized spacial score (nSPS) is 16.9. The number of rotatable bonds is 1. The molecule has 0 atom stereocenters. The molecule has 3 nitrogen and oxygen atoms in total. The number of anilines is 2. The largest absolute Gasteiger partial charge is 1.00 e. The smallest absolute Gasteiger partial charge is 0.0961 e. The van der Waals surface area contributed by atoms with Crippen molar-refractivity contribution < 1.29 is 16.9 Å². The van der Waals surface area contributed by atoms with E-state index in [1.165, 1.54) is 18.8 Å². The minimum absolute atomic E-state index is 0. The Morgan fingerprint density at radius 1 is 1.00 bits per heavy atom. The summed E-state index contributed by atoms with van der Waals surface area (Å²) in [6.07, 6.45) is 0. The molecule has 0 aliphatic carbocycles. The van der Waals surface area contributed by atoms with E-state index < -0.39 is 0 Å². The molecule has 0 spiro atoms. The van der Waals surface area contributed by atoms with Gasteiger partial charge in [-0.1, -0.05) is 0 Å². The monoisotopic (exact) mass is 313 g/mol. The Bertz CT molecular complexity index is 331. The van der Waals surface area contributed by atoms with Gasteiger partial charge in [0.25, 0.3) is 0 Å². The van der Waals surface area contributed by atoms with Crippen LogP contribution in [0.1, 0.15) is 0 Å². The second-order valence-electron chi connectivity index (χ2n) is 4.96. The number of nitrogens with zero attached hydrogens (tertiary/aromatic N) is 2. The molecule has 106 valence electrons. The number of hydrogen-bond donors (Lipinski definition) is 1. The van der Waals surface area contributed by atoms with Crippen LogP contribution in [0.3, 0.4) is 0 Å². The van der Waals surface area contributed by atoms with E-state index in [1.807, 2.05) is 12.1 Å². The summed E-state index contributed by atoms with van der Waals surface area (Å²) in [5, 5.41) is 0. The first-order valence-electron chi connectivity index (χ1n) is 5.49. The topological polar surface area (TPSA) is 29.3 Å². The van der Waals surface area contributed by atoms with Crippen molar-refractivity contribution in [1.29, 1.82) is 0 Å². The lowest BCUT2D eigenvalue weighted by atomic mass is 10.2. The SMILES string of the molecule is C[N+]1(C)CCN(c2ccc(N)cc2)CC1.Cl.Cl.[Cl-]. The van der Waals surface area contributed by atoms with Crippen LogP contribution in [-0.4, -0.2) is 44.8 Å². The van der Waals surface area contributed by atoms with Crippen LogP contribution in [0.15, 0.2) is 24.3 Å². The van der Waals surface area contributed by atoms with Crippen molar-refractivity contribution in [2.75, 3.05) is 50.9 Å². The van der Waals surface area contributed by atoms with Gasteiger partial charge in [0.2, 0.25) is 0 Å². The number of halogens is 3. The van der Waals surface area contributed by atoms with Crippen molar-refractivity contribution in [3.63, 3.8) is 0 Å². The molecule has 0 aromatic heterocycles. The average Bonchev–Trinajstić information content (AvgIpc) is 2.20. The van der Waals surface area contributed by atoms with E-state index in [1.54, 1.807) is 0 Å². The van der Waals surface area contributed by atoms with Crippen LogP contribution in [0.5, 0.6) is 0 Å². The van der Waals surface area contributed by atoms with Gasteiger partial charge in [-0.05, 0) is 24.3 Å². The summed E-state index contributed by atoms with van der Waals surface area (Å²) in [6.45, 7) is 4.70. The number of benzene rings is 1. The summed E-state index contributed by atoms with van der Waals surface area (Å²) in [6, 6.07) is 8.18. The van der Waals surface area contributed by atoms with Gasteiger partial charge in [-0.25, -0.2) is 0 Å². The Labute approximate surface area is 128 Å². The molecule has 1 aromatic rings. The first kappa shape index (κ1) is 20.0. The van der Waals surface area contributed by atoms with Crippen LogP contribution in [-0.2, 0) is 0 Å². The third-order valence-corrected chi connectivity index (χ3v) is 3.21. The van der Waals surface area contributed by atoms with Crippen LogP contribution in [0.4, 0.5) is 11.4 Å².